The highest BCUT2D eigenvalue weighted by Crippen LogP contribution is 2.33. The van der Waals surface area contributed by atoms with Gasteiger partial charge in [-0.15, -0.1) is 0 Å². The minimum absolute atomic E-state index is 0.494. The molecule has 19 heavy (non-hydrogen) atoms. The van der Waals surface area contributed by atoms with Crippen LogP contribution in [0.15, 0.2) is 0 Å². The first-order valence-electron chi connectivity index (χ1n) is 8.09. The largest absolute Gasteiger partial charge is 0.381 e. The summed E-state index contributed by atoms with van der Waals surface area (Å²) >= 11 is 0. The van der Waals surface area contributed by atoms with E-state index in [0.29, 0.717) is 12.1 Å². The summed E-state index contributed by atoms with van der Waals surface area (Å²) in [5.41, 5.74) is 0. The summed E-state index contributed by atoms with van der Waals surface area (Å²) < 4.78 is 5.50. The van der Waals surface area contributed by atoms with Crippen LogP contribution in [-0.4, -0.2) is 50.3 Å². The van der Waals surface area contributed by atoms with Crippen molar-refractivity contribution in [2.75, 3.05) is 27.2 Å². The molecule has 1 N–H and O–H groups in total. The lowest BCUT2D eigenvalue weighted by Crippen LogP contribution is -2.55. The summed E-state index contributed by atoms with van der Waals surface area (Å²) in [6.07, 6.45) is 7.02. The summed E-state index contributed by atoms with van der Waals surface area (Å²) in [6, 6.07) is 1.43. The number of likely N-dealkylation sites (N-methyl/N-ethyl adjacent to an activating group) is 1. The molecule has 0 aromatic carbocycles. The maximum atomic E-state index is 5.50. The molecule has 0 aromatic rings. The number of hydrogen-bond donors (Lipinski definition) is 1. The van der Waals surface area contributed by atoms with Crippen LogP contribution in [-0.2, 0) is 4.74 Å². The molecule has 112 valence electrons. The second kappa shape index (κ2) is 7.05. The zero-order chi connectivity index (χ0) is 13.8. The van der Waals surface area contributed by atoms with E-state index in [1.165, 1.54) is 45.2 Å². The average Bonchev–Trinajstić information content (AvgIpc) is 2.46. The third kappa shape index (κ3) is 3.71. The van der Waals surface area contributed by atoms with Crippen molar-refractivity contribution in [3.05, 3.63) is 0 Å². The Morgan fingerprint density at radius 2 is 1.79 bits per heavy atom. The van der Waals surface area contributed by atoms with Gasteiger partial charge in [-0.3, -0.25) is 4.90 Å². The second-order valence-corrected chi connectivity index (χ2v) is 6.75. The third-order valence-corrected chi connectivity index (χ3v) is 5.45. The van der Waals surface area contributed by atoms with Crippen molar-refractivity contribution < 1.29 is 4.74 Å². The van der Waals surface area contributed by atoms with Crippen LogP contribution in [0.1, 0.15) is 46.0 Å². The summed E-state index contributed by atoms with van der Waals surface area (Å²) in [6.45, 7) is 7.20. The maximum Gasteiger partial charge on any atom is 0.0595 e. The molecule has 2 rings (SSSR count). The van der Waals surface area contributed by atoms with Crippen LogP contribution in [0.5, 0.6) is 0 Å². The van der Waals surface area contributed by atoms with Gasteiger partial charge < -0.3 is 10.1 Å². The molecule has 2 fully saturated rings. The van der Waals surface area contributed by atoms with E-state index in [0.717, 1.165) is 17.9 Å². The van der Waals surface area contributed by atoms with E-state index in [9.17, 15) is 0 Å². The fourth-order valence-electron chi connectivity index (χ4n) is 3.97. The smallest absolute Gasteiger partial charge is 0.0595 e. The number of nitrogens with zero attached hydrogens (tertiary/aromatic N) is 1. The fraction of sp³-hybridized carbons (Fsp3) is 1.00. The predicted octanol–water partition coefficient (Wildman–Crippen LogP) is 2.51. The van der Waals surface area contributed by atoms with E-state index in [1.54, 1.807) is 0 Å². The van der Waals surface area contributed by atoms with Crippen LogP contribution in [0, 0.1) is 11.8 Å². The molecule has 1 aliphatic heterocycles. The molecule has 3 nitrogen and oxygen atoms in total. The van der Waals surface area contributed by atoms with E-state index in [-0.39, 0.29) is 0 Å². The van der Waals surface area contributed by atoms with Crippen LogP contribution in [0.2, 0.25) is 0 Å². The summed E-state index contributed by atoms with van der Waals surface area (Å²) in [5, 5.41) is 3.56. The molecule has 1 saturated heterocycles. The number of nitrogens with one attached hydrogen (secondary N) is 1. The number of ether oxygens (including phenoxy) is 1. The van der Waals surface area contributed by atoms with Crippen molar-refractivity contribution in [1.82, 2.24) is 10.2 Å². The Morgan fingerprint density at radius 1 is 1.11 bits per heavy atom. The number of rotatable bonds is 4. The Balaban J connectivity index is 1.94. The van der Waals surface area contributed by atoms with Gasteiger partial charge in [0.25, 0.3) is 0 Å². The minimum Gasteiger partial charge on any atom is -0.381 e. The van der Waals surface area contributed by atoms with Crippen molar-refractivity contribution in [2.24, 2.45) is 11.8 Å². The number of likely N-dealkylation sites (tertiary alicyclic amines) is 1. The Hall–Kier alpha value is -0.120. The Bertz CT molecular complexity index is 261. The van der Waals surface area contributed by atoms with E-state index in [4.69, 9.17) is 4.74 Å². The van der Waals surface area contributed by atoms with Crippen LogP contribution >= 0.6 is 0 Å². The van der Waals surface area contributed by atoms with Crippen LogP contribution < -0.4 is 5.32 Å². The number of piperidine rings is 1. The molecule has 2 aliphatic rings. The molecule has 0 spiro atoms. The summed E-state index contributed by atoms with van der Waals surface area (Å²) in [4.78, 5) is 2.73. The van der Waals surface area contributed by atoms with Gasteiger partial charge in [0.2, 0.25) is 0 Å². The lowest BCUT2D eigenvalue weighted by Gasteiger charge is -2.46. The van der Waals surface area contributed by atoms with Gasteiger partial charge in [0, 0.05) is 32.3 Å². The van der Waals surface area contributed by atoms with E-state index in [1.807, 2.05) is 7.11 Å². The van der Waals surface area contributed by atoms with Crippen molar-refractivity contribution in [3.63, 3.8) is 0 Å². The summed E-state index contributed by atoms with van der Waals surface area (Å²) in [5.74, 6) is 1.74. The molecule has 3 unspecified atom stereocenters. The second-order valence-electron chi connectivity index (χ2n) is 6.75. The first kappa shape index (κ1) is 15.3. The first-order valence-corrected chi connectivity index (χ1v) is 8.09. The van der Waals surface area contributed by atoms with Gasteiger partial charge >= 0.3 is 0 Å². The topological polar surface area (TPSA) is 24.5 Å². The Labute approximate surface area is 119 Å². The van der Waals surface area contributed by atoms with Gasteiger partial charge in [-0.1, -0.05) is 13.8 Å². The van der Waals surface area contributed by atoms with Crippen LogP contribution in [0.3, 0.4) is 0 Å². The van der Waals surface area contributed by atoms with Crippen molar-refractivity contribution in [1.29, 1.82) is 0 Å². The monoisotopic (exact) mass is 268 g/mol. The van der Waals surface area contributed by atoms with Crippen molar-refractivity contribution in [2.45, 2.75) is 64.1 Å². The predicted molar refractivity (Wildman–Crippen MR) is 80.4 cm³/mol. The lowest BCUT2D eigenvalue weighted by molar-refractivity contribution is 0.00539. The Morgan fingerprint density at radius 3 is 2.32 bits per heavy atom. The number of hydrogen-bond acceptors (Lipinski definition) is 3. The van der Waals surface area contributed by atoms with Crippen molar-refractivity contribution >= 4 is 0 Å². The van der Waals surface area contributed by atoms with Gasteiger partial charge in [0.15, 0.2) is 0 Å². The van der Waals surface area contributed by atoms with E-state index in [2.05, 4.69) is 31.1 Å². The van der Waals surface area contributed by atoms with Gasteiger partial charge in [0.1, 0.15) is 0 Å². The van der Waals surface area contributed by atoms with Crippen LogP contribution in [0.4, 0.5) is 0 Å². The van der Waals surface area contributed by atoms with Gasteiger partial charge in [-0.2, -0.15) is 0 Å². The molecular formula is C16H32N2O. The molecule has 1 aliphatic carbocycles. The lowest BCUT2D eigenvalue weighted by atomic mass is 9.76. The minimum atomic E-state index is 0.494. The fourth-order valence-corrected chi connectivity index (χ4v) is 3.97. The molecule has 3 atom stereocenters. The van der Waals surface area contributed by atoms with Crippen molar-refractivity contribution in [3.8, 4) is 0 Å². The van der Waals surface area contributed by atoms with Gasteiger partial charge in [0.05, 0.1) is 6.10 Å². The average molecular weight is 268 g/mol. The quantitative estimate of drug-likeness (QED) is 0.848. The highest BCUT2D eigenvalue weighted by Gasteiger charge is 2.36. The molecule has 0 amide bonds. The molecular weight excluding hydrogens is 236 g/mol. The molecule has 1 heterocycles. The van der Waals surface area contributed by atoms with Gasteiger partial charge in [-0.25, -0.2) is 0 Å². The highest BCUT2D eigenvalue weighted by atomic mass is 16.5. The maximum absolute atomic E-state index is 5.50. The molecule has 3 heteroatoms. The highest BCUT2D eigenvalue weighted by molar-refractivity contribution is 4.93. The molecule has 0 aromatic heterocycles. The van der Waals surface area contributed by atoms with Gasteiger partial charge in [-0.05, 0) is 51.0 Å². The third-order valence-electron chi connectivity index (χ3n) is 5.45. The first-order chi connectivity index (χ1) is 9.15. The number of methoxy groups -OCH3 is 1. The Kier molecular flexibility index (Phi) is 5.67. The zero-order valence-electron chi connectivity index (χ0n) is 13.2. The molecule has 1 saturated carbocycles. The standard InChI is InChI=1S/C16H32N2O/c1-12(2)13-5-6-15(17-3)16(11-13)18-9-7-14(19-4)8-10-18/h12-17H,5-11H2,1-4H3. The van der Waals surface area contributed by atoms with E-state index < -0.39 is 0 Å². The normalized spacial score (nSPS) is 34.9. The zero-order valence-corrected chi connectivity index (χ0v) is 13.2. The SMILES string of the molecule is CNC1CCC(C(C)C)CC1N1CCC(OC)CC1. The molecule has 0 bridgehead atoms. The summed E-state index contributed by atoms with van der Waals surface area (Å²) in [7, 11) is 3.99. The molecule has 0 radical (unpaired) electrons. The van der Waals surface area contributed by atoms with Crippen LogP contribution in [0.25, 0.3) is 0 Å². The van der Waals surface area contributed by atoms with E-state index >= 15 is 0 Å².